The van der Waals surface area contributed by atoms with E-state index in [9.17, 15) is 4.79 Å². The van der Waals surface area contributed by atoms with Gasteiger partial charge in [0.2, 0.25) is 5.12 Å². The van der Waals surface area contributed by atoms with Gasteiger partial charge in [0.15, 0.2) is 0 Å². The summed E-state index contributed by atoms with van der Waals surface area (Å²) in [4.78, 5) is 10.9. The van der Waals surface area contributed by atoms with Crippen LogP contribution in [0.15, 0.2) is 49.1 Å². The highest BCUT2D eigenvalue weighted by Crippen LogP contribution is 2.18. The predicted molar refractivity (Wildman–Crippen MR) is 63.2 cm³/mol. The van der Waals surface area contributed by atoms with Gasteiger partial charge in [-0.2, -0.15) is 0 Å². The van der Waals surface area contributed by atoms with Crippen LogP contribution >= 0.6 is 12.6 Å². The lowest BCUT2D eigenvalue weighted by Gasteiger charge is -2.03. The van der Waals surface area contributed by atoms with Crippen molar-refractivity contribution in [2.75, 3.05) is 0 Å². The van der Waals surface area contributed by atoms with Crippen LogP contribution in [0.3, 0.4) is 0 Å². The van der Waals surface area contributed by atoms with E-state index in [-0.39, 0.29) is 5.12 Å². The van der Waals surface area contributed by atoms with E-state index in [1.165, 1.54) is 6.08 Å². The van der Waals surface area contributed by atoms with Gasteiger partial charge >= 0.3 is 0 Å². The zero-order valence-corrected chi connectivity index (χ0v) is 8.71. The van der Waals surface area contributed by atoms with Crippen LogP contribution in [0.1, 0.15) is 12.0 Å². The van der Waals surface area contributed by atoms with E-state index in [4.69, 9.17) is 0 Å². The molecule has 0 unspecified atom stereocenters. The van der Waals surface area contributed by atoms with Crippen molar-refractivity contribution >= 4 is 23.3 Å². The van der Waals surface area contributed by atoms with Crippen LogP contribution < -0.4 is 0 Å². The third-order valence-electron chi connectivity index (χ3n) is 1.81. The average Bonchev–Trinajstić information content (AvgIpc) is 2.18. The van der Waals surface area contributed by atoms with E-state index >= 15 is 0 Å². The molecule has 0 aliphatic carbocycles. The van der Waals surface area contributed by atoms with Gasteiger partial charge in [-0.3, -0.25) is 4.79 Å². The van der Waals surface area contributed by atoms with Gasteiger partial charge in [-0.15, -0.1) is 19.2 Å². The number of carbonyl (C=O) groups is 1. The Hall–Kier alpha value is -1.28. The maximum atomic E-state index is 10.9. The molecule has 0 aliphatic rings. The van der Waals surface area contributed by atoms with Gasteiger partial charge in [0.05, 0.1) is 0 Å². The molecule has 14 heavy (non-hydrogen) atoms. The first-order chi connectivity index (χ1) is 6.74. The largest absolute Gasteiger partial charge is 0.283 e. The van der Waals surface area contributed by atoms with Crippen molar-refractivity contribution in [1.29, 1.82) is 0 Å². The second-order valence-electron chi connectivity index (χ2n) is 2.87. The van der Waals surface area contributed by atoms with E-state index < -0.39 is 0 Å². The molecule has 0 atom stereocenters. The minimum absolute atomic E-state index is 0.231. The molecule has 0 amide bonds. The maximum Gasteiger partial charge on any atom is 0.209 e. The molecule has 1 rings (SSSR count). The first-order valence-electron chi connectivity index (χ1n) is 4.34. The van der Waals surface area contributed by atoms with Gasteiger partial charge in [0.1, 0.15) is 0 Å². The van der Waals surface area contributed by atoms with Gasteiger partial charge in [0, 0.05) is 0 Å². The Bertz CT molecular complexity index is 352. The van der Waals surface area contributed by atoms with E-state index in [1.54, 1.807) is 6.08 Å². The van der Waals surface area contributed by atoms with E-state index in [0.717, 1.165) is 11.1 Å². The third kappa shape index (κ3) is 3.23. The summed E-state index contributed by atoms with van der Waals surface area (Å²) in [7, 11) is 0. The molecule has 72 valence electrons. The monoisotopic (exact) mass is 204 g/mol. The van der Waals surface area contributed by atoms with Crippen LogP contribution in [0.2, 0.25) is 0 Å². The topological polar surface area (TPSA) is 17.1 Å². The van der Waals surface area contributed by atoms with Gasteiger partial charge in [-0.05, 0) is 23.6 Å². The summed E-state index contributed by atoms with van der Waals surface area (Å²) < 4.78 is 0. The molecule has 1 nitrogen and oxygen atoms in total. The fourth-order valence-electron chi connectivity index (χ4n) is 1.22. The number of allylic oxidation sites excluding steroid dienone is 2. The molecule has 1 aromatic rings. The SMILES string of the molecule is C=CCC(=CC(=O)S)c1ccccc1. The zero-order chi connectivity index (χ0) is 10.4. The van der Waals surface area contributed by atoms with Crippen molar-refractivity contribution in [3.8, 4) is 0 Å². The molecular formula is C12H12OS. The lowest BCUT2D eigenvalue weighted by Crippen LogP contribution is -1.86. The second-order valence-corrected chi connectivity index (χ2v) is 3.31. The summed E-state index contributed by atoms with van der Waals surface area (Å²) in [6.45, 7) is 3.66. The number of rotatable bonds is 4. The van der Waals surface area contributed by atoms with E-state index in [0.29, 0.717) is 6.42 Å². The Kier molecular flexibility index (Phi) is 4.20. The maximum absolute atomic E-state index is 10.9. The molecule has 0 heterocycles. The summed E-state index contributed by atoms with van der Waals surface area (Å²) in [5, 5.41) is -0.231. The molecule has 0 radical (unpaired) electrons. The normalized spacial score (nSPS) is 11.1. The highest BCUT2D eigenvalue weighted by molar-refractivity contribution is 7.97. The van der Waals surface area contributed by atoms with Gasteiger partial charge in [0.25, 0.3) is 0 Å². The minimum atomic E-state index is -0.231. The molecule has 1 aromatic carbocycles. The summed E-state index contributed by atoms with van der Waals surface area (Å²) in [5.41, 5.74) is 1.98. The molecule has 0 bridgehead atoms. The van der Waals surface area contributed by atoms with Crippen molar-refractivity contribution in [3.05, 3.63) is 54.6 Å². The highest BCUT2D eigenvalue weighted by atomic mass is 32.1. The zero-order valence-electron chi connectivity index (χ0n) is 7.81. The van der Waals surface area contributed by atoms with Crippen molar-refractivity contribution < 1.29 is 4.79 Å². The molecule has 0 aliphatic heterocycles. The first kappa shape index (κ1) is 10.8. The van der Waals surface area contributed by atoms with Gasteiger partial charge < -0.3 is 0 Å². The lowest BCUT2D eigenvalue weighted by molar-refractivity contribution is -0.106. The Balaban J connectivity index is 3.00. The quantitative estimate of drug-likeness (QED) is 0.453. The summed E-state index contributed by atoms with van der Waals surface area (Å²) in [5.74, 6) is 0. The minimum Gasteiger partial charge on any atom is -0.283 e. The number of thiol groups is 1. The highest BCUT2D eigenvalue weighted by Gasteiger charge is 2.00. The third-order valence-corrected chi connectivity index (χ3v) is 1.94. The summed E-state index contributed by atoms with van der Waals surface area (Å²) in [6.07, 6.45) is 3.98. The predicted octanol–water partition coefficient (Wildman–Crippen LogP) is 3.10. The van der Waals surface area contributed by atoms with Crippen LogP contribution in [0.4, 0.5) is 0 Å². The smallest absolute Gasteiger partial charge is 0.209 e. The molecule has 2 heteroatoms. The van der Waals surface area contributed by atoms with Crippen LogP contribution in [0.5, 0.6) is 0 Å². The number of hydrogen-bond donors (Lipinski definition) is 1. The standard InChI is InChI=1S/C12H12OS/c1-2-6-11(9-12(13)14)10-7-4-3-5-8-10/h2-5,7-9H,1,6H2,(H,13,14). The summed E-state index contributed by atoms with van der Waals surface area (Å²) >= 11 is 3.73. The van der Waals surface area contributed by atoms with E-state index in [2.05, 4.69) is 19.2 Å². The molecule has 0 aromatic heterocycles. The Morgan fingerprint density at radius 3 is 2.50 bits per heavy atom. The average molecular weight is 204 g/mol. The van der Waals surface area contributed by atoms with Crippen LogP contribution in [-0.4, -0.2) is 5.12 Å². The lowest BCUT2D eigenvalue weighted by atomic mass is 10.0. The van der Waals surface area contributed by atoms with Crippen molar-refractivity contribution in [3.63, 3.8) is 0 Å². The van der Waals surface area contributed by atoms with Crippen LogP contribution in [0, 0.1) is 0 Å². The second kappa shape index (κ2) is 5.45. The molecule has 0 saturated heterocycles. The molecule has 0 spiro atoms. The molecule has 0 N–H and O–H groups in total. The van der Waals surface area contributed by atoms with Gasteiger partial charge in [-0.25, -0.2) is 0 Å². The molecule has 0 fully saturated rings. The number of hydrogen-bond acceptors (Lipinski definition) is 1. The fraction of sp³-hybridized carbons (Fsp3) is 0.0833. The van der Waals surface area contributed by atoms with Crippen molar-refractivity contribution in [2.45, 2.75) is 6.42 Å². The Morgan fingerprint density at radius 2 is 2.00 bits per heavy atom. The van der Waals surface area contributed by atoms with Crippen LogP contribution in [-0.2, 0) is 4.79 Å². The first-order valence-corrected chi connectivity index (χ1v) is 4.78. The Labute approximate surface area is 89.6 Å². The van der Waals surface area contributed by atoms with E-state index in [1.807, 2.05) is 30.3 Å². The Morgan fingerprint density at radius 1 is 1.36 bits per heavy atom. The van der Waals surface area contributed by atoms with Crippen molar-refractivity contribution in [2.24, 2.45) is 0 Å². The fourth-order valence-corrected chi connectivity index (χ4v) is 1.37. The summed E-state index contributed by atoms with van der Waals surface area (Å²) in [6, 6.07) is 9.75. The van der Waals surface area contributed by atoms with Gasteiger partial charge in [-0.1, -0.05) is 36.4 Å². The van der Waals surface area contributed by atoms with Crippen molar-refractivity contribution in [1.82, 2.24) is 0 Å². The molecular weight excluding hydrogens is 192 g/mol. The number of benzene rings is 1. The number of carbonyl (C=O) groups excluding carboxylic acids is 1. The molecule has 0 saturated carbocycles. The van der Waals surface area contributed by atoms with Crippen LogP contribution in [0.25, 0.3) is 5.57 Å².